The van der Waals surface area contributed by atoms with Crippen LogP contribution in [0.15, 0.2) is 55.0 Å². The molecule has 3 rings (SSSR count). The Bertz CT molecular complexity index is 1000. The Morgan fingerprint density at radius 1 is 1.11 bits per heavy atom. The maximum Gasteiger partial charge on any atom is 0.416 e. The van der Waals surface area contributed by atoms with Crippen molar-refractivity contribution in [2.24, 2.45) is 0 Å². The molecular formula is C21H17F3N2O2. The predicted octanol–water partition coefficient (Wildman–Crippen LogP) is 5.31. The molecule has 0 aliphatic heterocycles. The highest BCUT2D eigenvalue weighted by atomic mass is 19.4. The molecule has 1 aromatic carbocycles. The van der Waals surface area contributed by atoms with E-state index in [9.17, 15) is 18.0 Å². The number of hydrogen-bond donors (Lipinski definition) is 0. The number of pyridine rings is 2. The number of nitrogens with zero attached hydrogens (tertiary/aromatic N) is 2. The van der Waals surface area contributed by atoms with Crippen LogP contribution in [0.3, 0.4) is 0 Å². The summed E-state index contributed by atoms with van der Waals surface area (Å²) >= 11 is 0. The predicted molar refractivity (Wildman–Crippen MR) is 98.6 cm³/mol. The molecule has 0 saturated heterocycles. The van der Waals surface area contributed by atoms with E-state index in [1.165, 1.54) is 12.3 Å². The number of hydrogen-bond acceptors (Lipinski definition) is 4. The molecule has 2 aromatic heterocycles. The standard InChI is InChI=1S/C21H17F3N2O2/c1-3-28-20(27)18-13(2)17(12-26-19(18)14-7-9-25-10-8-14)15-5-4-6-16(11-15)21(22,23)24/h4-12H,3H2,1-2H3. The third-order valence-electron chi connectivity index (χ3n) is 4.27. The summed E-state index contributed by atoms with van der Waals surface area (Å²) in [7, 11) is 0. The summed E-state index contributed by atoms with van der Waals surface area (Å²) in [6, 6.07) is 8.34. The Labute approximate surface area is 160 Å². The maximum absolute atomic E-state index is 13.1. The van der Waals surface area contributed by atoms with Crippen LogP contribution in [0.5, 0.6) is 0 Å². The first-order valence-corrected chi connectivity index (χ1v) is 8.57. The van der Waals surface area contributed by atoms with Crippen LogP contribution in [0.4, 0.5) is 13.2 Å². The van der Waals surface area contributed by atoms with Crippen LogP contribution in [-0.2, 0) is 10.9 Å². The second-order valence-electron chi connectivity index (χ2n) is 6.06. The molecule has 0 saturated carbocycles. The number of esters is 1. The Morgan fingerprint density at radius 2 is 1.82 bits per heavy atom. The van der Waals surface area contributed by atoms with Crippen molar-refractivity contribution < 1.29 is 22.7 Å². The lowest BCUT2D eigenvalue weighted by atomic mass is 9.94. The minimum Gasteiger partial charge on any atom is -0.462 e. The van der Waals surface area contributed by atoms with Crippen LogP contribution in [0.2, 0.25) is 0 Å². The van der Waals surface area contributed by atoms with E-state index in [4.69, 9.17) is 4.74 Å². The highest BCUT2D eigenvalue weighted by Gasteiger charge is 2.31. The first-order valence-electron chi connectivity index (χ1n) is 8.57. The zero-order valence-electron chi connectivity index (χ0n) is 15.2. The smallest absolute Gasteiger partial charge is 0.416 e. The first kappa shape index (κ1) is 19.5. The Morgan fingerprint density at radius 3 is 2.46 bits per heavy atom. The number of benzene rings is 1. The van der Waals surface area contributed by atoms with Gasteiger partial charge in [-0.25, -0.2) is 4.79 Å². The van der Waals surface area contributed by atoms with Crippen molar-refractivity contribution in [2.45, 2.75) is 20.0 Å². The summed E-state index contributed by atoms with van der Waals surface area (Å²) in [6.45, 7) is 3.53. The number of rotatable bonds is 4. The van der Waals surface area contributed by atoms with Gasteiger partial charge in [0.15, 0.2) is 0 Å². The highest BCUT2D eigenvalue weighted by Crippen LogP contribution is 2.35. The van der Waals surface area contributed by atoms with Gasteiger partial charge in [0.25, 0.3) is 0 Å². The number of alkyl halides is 3. The summed E-state index contributed by atoms with van der Waals surface area (Å²) in [5.74, 6) is -0.576. The van der Waals surface area contributed by atoms with E-state index in [0.717, 1.165) is 12.1 Å². The quantitative estimate of drug-likeness (QED) is 0.570. The summed E-state index contributed by atoms with van der Waals surface area (Å²) in [4.78, 5) is 20.9. The number of aromatic nitrogens is 2. The van der Waals surface area contributed by atoms with Crippen molar-refractivity contribution in [3.63, 3.8) is 0 Å². The van der Waals surface area contributed by atoms with Crippen LogP contribution in [-0.4, -0.2) is 22.5 Å². The average Bonchev–Trinajstić information content (AvgIpc) is 2.68. The fraction of sp³-hybridized carbons (Fsp3) is 0.190. The molecular weight excluding hydrogens is 369 g/mol. The molecule has 28 heavy (non-hydrogen) atoms. The second-order valence-corrected chi connectivity index (χ2v) is 6.06. The van der Waals surface area contributed by atoms with E-state index in [2.05, 4.69) is 9.97 Å². The zero-order valence-corrected chi connectivity index (χ0v) is 15.2. The van der Waals surface area contributed by atoms with Gasteiger partial charge in [-0.05, 0) is 49.2 Å². The van der Waals surface area contributed by atoms with Crippen molar-refractivity contribution in [3.05, 3.63) is 71.7 Å². The number of ether oxygens (including phenoxy) is 1. The maximum atomic E-state index is 13.1. The molecule has 144 valence electrons. The SMILES string of the molecule is CCOC(=O)c1c(-c2ccncc2)ncc(-c2cccc(C(F)(F)F)c2)c1C. The molecule has 0 unspecified atom stereocenters. The van der Waals surface area contributed by atoms with Gasteiger partial charge >= 0.3 is 12.1 Å². The lowest BCUT2D eigenvalue weighted by Crippen LogP contribution is -2.11. The van der Waals surface area contributed by atoms with Gasteiger partial charge in [0.1, 0.15) is 0 Å². The minimum atomic E-state index is -4.46. The monoisotopic (exact) mass is 386 g/mol. The van der Waals surface area contributed by atoms with Gasteiger partial charge in [0, 0.05) is 29.7 Å². The topological polar surface area (TPSA) is 52.1 Å². The fourth-order valence-corrected chi connectivity index (χ4v) is 2.94. The summed E-state index contributed by atoms with van der Waals surface area (Å²) in [5, 5.41) is 0. The van der Waals surface area contributed by atoms with E-state index >= 15 is 0 Å². The van der Waals surface area contributed by atoms with E-state index in [1.54, 1.807) is 44.4 Å². The molecule has 0 bridgehead atoms. The Hall–Kier alpha value is -3.22. The van der Waals surface area contributed by atoms with E-state index in [1.807, 2.05) is 0 Å². The third-order valence-corrected chi connectivity index (χ3v) is 4.27. The van der Waals surface area contributed by atoms with E-state index in [0.29, 0.717) is 27.9 Å². The van der Waals surface area contributed by atoms with E-state index < -0.39 is 17.7 Å². The molecule has 4 nitrogen and oxygen atoms in total. The van der Waals surface area contributed by atoms with Gasteiger partial charge < -0.3 is 4.74 Å². The van der Waals surface area contributed by atoms with Crippen molar-refractivity contribution in [3.8, 4) is 22.4 Å². The van der Waals surface area contributed by atoms with Crippen LogP contribution < -0.4 is 0 Å². The van der Waals surface area contributed by atoms with Gasteiger partial charge in [-0.1, -0.05) is 12.1 Å². The molecule has 0 spiro atoms. The molecule has 3 aromatic rings. The number of carbonyl (C=O) groups excluding carboxylic acids is 1. The summed E-state index contributed by atoms with van der Waals surface area (Å²) in [5.41, 5.74) is 1.78. The highest BCUT2D eigenvalue weighted by molar-refractivity contribution is 5.99. The van der Waals surface area contributed by atoms with Gasteiger partial charge in [0.05, 0.1) is 23.4 Å². The second kappa shape index (κ2) is 7.80. The van der Waals surface area contributed by atoms with E-state index in [-0.39, 0.29) is 12.2 Å². The molecule has 0 radical (unpaired) electrons. The third kappa shape index (κ3) is 3.88. The van der Waals surface area contributed by atoms with Gasteiger partial charge in [-0.3, -0.25) is 9.97 Å². The summed E-state index contributed by atoms with van der Waals surface area (Å²) < 4.78 is 44.4. The number of halogens is 3. The van der Waals surface area contributed by atoms with Crippen LogP contribution in [0, 0.1) is 6.92 Å². The van der Waals surface area contributed by atoms with Crippen molar-refractivity contribution >= 4 is 5.97 Å². The minimum absolute atomic E-state index is 0.168. The molecule has 0 aliphatic carbocycles. The van der Waals surface area contributed by atoms with Crippen molar-refractivity contribution in [1.29, 1.82) is 0 Å². The van der Waals surface area contributed by atoms with Crippen LogP contribution in [0.25, 0.3) is 22.4 Å². The molecule has 2 heterocycles. The number of carbonyl (C=O) groups is 1. The van der Waals surface area contributed by atoms with Crippen molar-refractivity contribution in [2.75, 3.05) is 6.61 Å². The van der Waals surface area contributed by atoms with Crippen molar-refractivity contribution in [1.82, 2.24) is 9.97 Å². The fourth-order valence-electron chi connectivity index (χ4n) is 2.94. The van der Waals surface area contributed by atoms with Crippen LogP contribution in [0.1, 0.15) is 28.4 Å². The largest absolute Gasteiger partial charge is 0.462 e. The molecule has 0 N–H and O–H groups in total. The Kier molecular flexibility index (Phi) is 5.44. The molecule has 0 amide bonds. The normalized spacial score (nSPS) is 11.3. The lowest BCUT2D eigenvalue weighted by Gasteiger charge is -2.16. The van der Waals surface area contributed by atoms with Gasteiger partial charge in [0.2, 0.25) is 0 Å². The molecule has 7 heteroatoms. The molecule has 0 atom stereocenters. The molecule has 0 aliphatic rings. The van der Waals surface area contributed by atoms with Crippen LogP contribution >= 0.6 is 0 Å². The van der Waals surface area contributed by atoms with Gasteiger partial charge in [-0.15, -0.1) is 0 Å². The average molecular weight is 386 g/mol. The van der Waals surface area contributed by atoms with Gasteiger partial charge in [-0.2, -0.15) is 13.2 Å². The first-order chi connectivity index (χ1) is 13.3. The molecule has 0 fully saturated rings. The summed E-state index contributed by atoms with van der Waals surface area (Å²) in [6.07, 6.45) is 0.158. The lowest BCUT2D eigenvalue weighted by molar-refractivity contribution is -0.137. The Balaban J connectivity index is 2.20. The zero-order chi connectivity index (χ0) is 20.3.